The number of carbonyl (C=O) groups is 1. The topological polar surface area (TPSA) is 41.6 Å². The SMILES string of the molecule is COC(=O)Cc1ccc(CNCCN2CCCC2)s1. The van der Waals surface area contributed by atoms with Gasteiger partial charge < -0.3 is 15.0 Å². The van der Waals surface area contributed by atoms with Gasteiger partial charge in [-0.25, -0.2) is 0 Å². The van der Waals surface area contributed by atoms with E-state index in [0.29, 0.717) is 6.42 Å². The van der Waals surface area contributed by atoms with Crippen LogP contribution in [0.1, 0.15) is 22.6 Å². The van der Waals surface area contributed by atoms with Crippen molar-refractivity contribution < 1.29 is 9.53 Å². The van der Waals surface area contributed by atoms with Crippen molar-refractivity contribution >= 4 is 17.3 Å². The van der Waals surface area contributed by atoms with E-state index in [2.05, 4.69) is 21.0 Å². The minimum Gasteiger partial charge on any atom is -0.469 e. The zero-order chi connectivity index (χ0) is 13.5. The van der Waals surface area contributed by atoms with Crippen molar-refractivity contribution in [3.05, 3.63) is 21.9 Å². The van der Waals surface area contributed by atoms with E-state index in [1.54, 1.807) is 11.3 Å². The normalized spacial score (nSPS) is 15.8. The van der Waals surface area contributed by atoms with Gasteiger partial charge in [0.15, 0.2) is 0 Å². The second-order valence-corrected chi connectivity index (χ2v) is 6.10. The first-order valence-electron chi connectivity index (χ1n) is 6.85. The molecular formula is C14H22N2O2S. The van der Waals surface area contributed by atoms with E-state index < -0.39 is 0 Å². The van der Waals surface area contributed by atoms with Gasteiger partial charge in [0.25, 0.3) is 0 Å². The zero-order valence-corrected chi connectivity index (χ0v) is 12.3. The van der Waals surface area contributed by atoms with Crippen molar-refractivity contribution in [3.8, 4) is 0 Å². The summed E-state index contributed by atoms with van der Waals surface area (Å²) in [5, 5.41) is 3.46. The Bertz CT molecular complexity index is 400. The molecule has 1 N–H and O–H groups in total. The van der Waals surface area contributed by atoms with Gasteiger partial charge in [-0.15, -0.1) is 11.3 Å². The van der Waals surface area contributed by atoms with E-state index in [4.69, 9.17) is 0 Å². The Morgan fingerprint density at radius 1 is 1.37 bits per heavy atom. The molecule has 1 aromatic heterocycles. The van der Waals surface area contributed by atoms with Crippen molar-refractivity contribution in [2.75, 3.05) is 33.3 Å². The van der Waals surface area contributed by atoms with Crippen LogP contribution in [0.4, 0.5) is 0 Å². The quantitative estimate of drug-likeness (QED) is 0.610. The molecule has 1 fully saturated rings. The van der Waals surface area contributed by atoms with Crippen molar-refractivity contribution in [1.29, 1.82) is 0 Å². The summed E-state index contributed by atoms with van der Waals surface area (Å²) in [5.41, 5.74) is 0. The molecule has 2 heterocycles. The summed E-state index contributed by atoms with van der Waals surface area (Å²) >= 11 is 1.68. The Morgan fingerprint density at radius 3 is 2.84 bits per heavy atom. The maximum atomic E-state index is 11.2. The minimum atomic E-state index is -0.171. The molecule has 106 valence electrons. The van der Waals surface area contributed by atoms with Crippen LogP contribution in [0.25, 0.3) is 0 Å². The van der Waals surface area contributed by atoms with Crippen LogP contribution in [0, 0.1) is 0 Å². The number of methoxy groups -OCH3 is 1. The molecule has 5 heteroatoms. The second kappa shape index (κ2) is 7.62. The Kier molecular flexibility index (Phi) is 5.82. The van der Waals surface area contributed by atoms with Crippen molar-refractivity contribution in [2.24, 2.45) is 0 Å². The molecule has 1 aromatic rings. The van der Waals surface area contributed by atoms with Gasteiger partial charge in [0.05, 0.1) is 13.5 Å². The first-order valence-corrected chi connectivity index (χ1v) is 7.67. The molecule has 0 spiro atoms. The lowest BCUT2D eigenvalue weighted by molar-refractivity contribution is -0.139. The number of hydrogen-bond donors (Lipinski definition) is 1. The number of nitrogens with one attached hydrogen (secondary N) is 1. The summed E-state index contributed by atoms with van der Waals surface area (Å²) in [6.45, 7) is 5.57. The molecule has 0 radical (unpaired) electrons. The van der Waals surface area contributed by atoms with Crippen molar-refractivity contribution in [3.63, 3.8) is 0 Å². The molecule has 0 unspecified atom stereocenters. The summed E-state index contributed by atoms with van der Waals surface area (Å²) in [6.07, 6.45) is 3.08. The molecule has 1 aliphatic rings. The van der Waals surface area contributed by atoms with E-state index in [1.165, 1.54) is 37.9 Å². The van der Waals surface area contributed by atoms with Crippen LogP contribution < -0.4 is 5.32 Å². The highest BCUT2D eigenvalue weighted by atomic mass is 32.1. The molecule has 2 rings (SSSR count). The second-order valence-electron chi connectivity index (χ2n) is 4.85. The zero-order valence-electron chi connectivity index (χ0n) is 11.5. The monoisotopic (exact) mass is 282 g/mol. The lowest BCUT2D eigenvalue weighted by Crippen LogP contribution is -2.29. The molecule has 0 atom stereocenters. The van der Waals surface area contributed by atoms with Crippen molar-refractivity contribution in [2.45, 2.75) is 25.8 Å². The lowest BCUT2D eigenvalue weighted by Gasteiger charge is -2.14. The van der Waals surface area contributed by atoms with Crippen LogP contribution in [-0.2, 0) is 22.5 Å². The van der Waals surface area contributed by atoms with Gasteiger partial charge in [-0.1, -0.05) is 0 Å². The third kappa shape index (κ3) is 4.93. The van der Waals surface area contributed by atoms with Gasteiger partial charge in [0, 0.05) is 29.4 Å². The largest absolute Gasteiger partial charge is 0.469 e. The molecule has 4 nitrogen and oxygen atoms in total. The van der Waals surface area contributed by atoms with E-state index in [0.717, 1.165) is 24.5 Å². The molecule has 1 aliphatic heterocycles. The maximum absolute atomic E-state index is 11.2. The fraction of sp³-hybridized carbons (Fsp3) is 0.643. The number of esters is 1. The average Bonchev–Trinajstić information content (AvgIpc) is 3.06. The van der Waals surface area contributed by atoms with Gasteiger partial charge in [0.2, 0.25) is 0 Å². The highest BCUT2D eigenvalue weighted by Crippen LogP contribution is 2.17. The summed E-state index contributed by atoms with van der Waals surface area (Å²) in [6, 6.07) is 4.10. The summed E-state index contributed by atoms with van der Waals surface area (Å²) in [7, 11) is 1.43. The number of likely N-dealkylation sites (tertiary alicyclic amines) is 1. The van der Waals surface area contributed by atoms with Gasteiger partial charge >= 0.3 is 5.97 Å². The number of thiophene rings is 1. The predicted octanol–water partition coefficient (Wildman–Crippen LogP) is 1.65. The van der Waals surface area contributed by atoms with Crippen molar-refractivity contribution in [1.82, 2.24) is 10.2 Å². The standard InChI is InChI=1S/C14H22N2O2S/c1-18-14(17)10-12-4-5-13(19-12)11-15-6-9-16-7-2-3-8-16/h4-5,15H,2-3,6-11H2,1H3. The van der Waals surface area contributed by atoms with E-state index in [-0.39, 0.29) is 5.97 Å². The molecule has 0 aromatic carbocycles. The summed E-state index contributed by atoms with van der Waals surface area (Å²) in [4.78, 5) is 16.0. The molecule has 0 aliphatic carbocycles. The first-order chi connectivity index (χ1) is 9.28. The average molecular weight is 282 g/mol. The maximum Gasteiger partial charge on any atom is 0.310 e. The molecule has 0 amide bonds. The number of ether oxygens (including phenoxy) is 1. The van der Waals surface area contributed by atoms with Gasteiger partial charge in [-0.2, -0.15) is 0 Å². The fourth-order valence-corrected chi connectivity index (χ4v) is 3.25. The minimum absolute atomic E-state index is 0.171. The van der Waals surface area contributed by atoms with E-state index in [1.807, 2.05) is 6.07 Å². The summed E-state index contributed by atoms with van der Waals surface area (Å²) in [5.74, 6) is -0.171. The molecule has 0 saturated carbocycles. The Balaban J connectivity index is 1.64. The van der Waals surface area contributed by atoms with Gasteiger partial charge in [0.1, 0.15) is 0 Å². The van der Waals surface area contributed by atoms with Crippen LogP contribution in [0.15, 0.2) is 12.1 Å². The highest BCUT2D eigenvalue weighted by Gasteiger charge is 2.10. The fourth-order valence-electron chi connectivity index (χ4n) is 2.28. The Hall–Kier alpha value is -0.910. The smallest absolute Gasteiger partial charge is 0.310 e. The van der Waals surface area contributed by atoms with Crippen LogP contribution >= 0.6 is 11.3 Å². The first kappa shape index (κ1) is 14.5. The van der Waals surface area contributed by atoms with E-state index >= 15 is 0 Å². The molecular weight excluding hydrogens is 260 g/mol. The van der Waals surface area contributed by atoms with Crippen LogP contribution in [0.2, 0.25) is 0 Å². The lowest BCUT2D eigenvalue weighted by atomic mass is 10.3. The number of nitrogens with zero attached hydrogens (tertiary/aromatic N) is 1. The van der Waals surface area contributed by atoms with Crippen LogP contribution in [0.5, 0.6) is 0 Å². The number of carbonyl (C=O) groups excluding carboxylic acids is 1. The Morgan fingerprint density at radius 2 is 2.11 bits per heavy atom. The van der Waals surface area contributed by atoms with Crippen LogP contribution in [0.3, 0.4) is 0 Å². The van der Waals surface area contributed by atoms with Gasteiger partial charge in [-0.05, 0) is 38.1 Å². The van der Waals surface area contributed by atoms with Crippen LogP contribution in [-0.4, -0.2) is 44.2 Å². The Labute approximate surface area is 118 Å². The molecule has 1 saturated heterocycles. The third-order valence-corrected chi connectivity index (χ3v) is 4.45. The highest BCUT2D eigenvalue weighted by molar-refractivity contribution is 7.12. The number of hydrogen-bond acceptors (Lipinski definition) is 5. The summed E-state index contributed by atoms with van der Waals surface area (Å²) < 4.78 is 4.67. The van der Waals surface area contributed by atoms with E-state index in [9.17, 15) is 4.79 Å². The molecule has 0 bridgehead atoms. The van der Waals surface area contributed by atoms with Gasteiger partial charge in [-0.3, -0.25) is 4.79 Å². The third-order valence-electron chi connectivity index (χ3n) is 3.37. The number of rotatable bonds is 7. The predicted molar refractivity (Wildman–Crippen MR) is 77.4 cm³/mol. The molecule has 19 heavy (non-hydrogen) atoms.